The predicted octanol–water partition coefficient (Wildman–Crippen LogP) is -0.284. The van der Waals surface area contributed by atoms with Gasteiger partial charge in [-0.25, -0.2) is 0 Å². The van der Waals surface area contributed by atoms with Crippen molar-refractivity contribution in [2.24, 2.45) is 0 Å². The number of aliphatic hydroxyl groups excluding tert-OH is 1. The molecule has 0 aliphatic carbocycles. The summed E-state index contributed by atoms with van der Waals surface area (Å²) in [5, 5.41) is 23.4. The Morgan fingerprint density at radius 1 is 1.38 bits per heavy atom. The van der Waals surface area contributed by atoms with Crippen molar-refractivity contribution in [1.82, 2.24) is 10.3 Å². The van der Waals surface area contributed by atoms with E-state index in [-0.39, 0.29) is 6.42 Å². The van der Waals surface area contributed by atoms with Gasteiger partial charge >= 0.3 is 0 Å². The number of rotatable bonds is 6. The lowest BCUT2D eigenvalue weighted by molar-refractivity contribution is -0.310. The Balaban J connectivity index is 1.96. The number of H-pyrrole nitrogens is 1. The number of nitrogens with one attached hydrogen (secondary N) is 2. The van der Waals surface area contributed by atoms with Crippen molar-refractivity contribution in [3.8, 4) is 0 Å². The molecule has 6 nitrogen and oxygen atoms in total. The number of aromatic nitrogens is 1. The molecule has 21 heavy (non-hydrogen) atoms. The van der Waals surface area contributed by atoms with Gasteiger partial charge in [0, 0.05) is 23.5 Å². The molecule has 0 radical (unpaired) electrons. The van der Waals surface area contributed by atoms with Gasteiger partial charge in [-0.3, -0.25) is 4.79 Å². The average molecular weight is 289 g/mol. The second-order valence-electron chi connectivity index (χ2n) is 4.96. The number of aliphatic carboxylic acids is 1. The third kappa shape index (κ3) is 3.61. The van der Waals surface area contributed by atoms with Gasteiger partial charge in [0.1, 0.15) is 0 Å². The van der Waals surface area contributed by atoms with E-state index in [1.807, 2.05) is 30.5 Å². The van der Waals surface area contributed by atoms with Crippen LogP contribution in [-0.4, -0.2) is 34.1 Å². The molecule has 0 fully saturated rings. The van der Waals surface area contributed by atoms with Crippen LogP contribution < -0.4 is 10.4 Å². The van der Waals surface area contributed by atoms with Crippen LogP contribution in [0.2, 0.25) is 0 Å². The first-order valence-electron chi connectivity index (χ1n) is 6.72. The number of hydrogen-bond acceptors (Lipinski definition) is 4. The normalized spacial score (nSPS) is 13.8. The van der Waals surface area contributed by atoms with E-state index in [0.29, 0.717) is 6.42 Å². The van der Waals surface area contributed by atoms with E-state index in [0.717, 1.165) is 16.5 Å². The summed E-state index contributed by atoms with van der Waals surface area (Å²) in [6.45, 7) is 1.29. The fraction of sp³-hybridized carbons (Fsp3) is 0.333. The van der Waals surface area contributed by atoms with E-state index in [4.69, 9.17) is 0 Å². The lowest BCUT2D eigenvalue weighted by Crippen LogP contribution is -2.53. The van der Waals surface area contributed by atoms with Gasteiger partial charge in [0.2, 0.25) is 5.91 Å². The van der Waals surface area contributed by atoms with Gasteiger partial charge in [-0.1, -0.05) is 18.2 Å². The number of carbonyl (C=O) groups excluding carboxylic acids is 2. The number of benzene rings is 1. The van der Waals surface area contributed by atoms with Crippen LogP contribution in [0.15, 0.2) is 30.5 Å². The van der Waals surface area contributed by atoms with Crippen LogP contribution in [0.1, 0.15) is 18.9 Å². The van der Waals surface area contributed by atoms with Crippen molar-refractivity contribution in [1.29, 1.82) is 0 Å². The SMILES string of the molecule is C[C@H](O)[C@H](NC(=O)CCc1c[nH]c2ccccc12)C(=O)[O-]. The predicted molar refractivity (Wildman–Crippen MR) is 75.2 cm³/mol. The number of aryl methyl sites for hydroxylation is 1. The van der Waals surface area contributed by atoms with Crippen molar-refractivity contribution in [2.45, 2.75) is 31.9 Å². The van der Waals surface area contributed by atoms with Crippen LogP contribution in [0, 0.1) is 0 Å². The molecule has 0 bridgehead atoms. The van der Waals surface area contributed by atoms with E-state index >= 15 is 0 Å². The zero-order valence-corrected chi connectivity index (χ0v) is 11.6. The molecule has 1 aromatic heterocycles. The van der Waals surface area contributed by atoms with Crippen molar-refractivity contribution in [2.75, 3.05) is 0 Å². The highest BCUT2D eigenvalue weighted by Crippen LogP contribution is 2.18. The van der Waals surface area contributed by atoms with Crippen LogP contribution >= 0.6 is 0 Å². The van der Waals surface area contributed by atoms with E-state index in [2.05, 4.69) is 10.3 Å². The van der Waals surface area contributed by atoms with Crippen LogP contribution in [0.3, 0.4) is 0 Å². The summed E-state index contributed by atoms with van der Waals surface area (Å²) in [4.78, 5) is 25.7. The fourth-order valence-electron chi connectivity index (χ4n) is 2.21. The lowest BCUT2D eigenvalue weighted by Gasteiger charge is -2.22. The molecular formula is C15H17N2O4-. The Morgan fingerprint density at radius 3 is 2.76 bits per heavy atom. The zero-order valence-electron chi connectivity index (χ0n) is 11.6. The van der Waals surface area contributed by atoms with Gasteiger partial charge in [-0.2, -0.15) is 0 Å². The van der Waals surface area contributed by atoms with Crippen molar-refractivity contribution >= 4 is 22.8 Å². The van der Waals surface area contributed by atoms with E-state index in [1.54, 1.807) is 0 Å². The summed E-state index contributed by atoms with van der Waals surface area (Å²) in [6, 6.07) is 6.35. The maximum atomic E-state index is 11.8. The first-order chi connectivity index (χ1) is 9.99. The smallest absolute Gasteiger partial charge is 0.220 e. The molecule has 0 saturated heterocycles. The maximum Gasteiger partial charge on any atom is 0.220 e. The molecule has 3 N–H and O–H groups in total. The average Bonchev–Trinajstić information content (AvgIpc) is 2.85. The van der Waals surface area contributed by atoms with Gasteiger partial charge in [0.15, 0.2) is 0 Å². The number of aromatic amines is 1. The molecule has 0 spiro atoms. The lowest BCUT2D eigenvalue weighted by atomic mass is 10.1. The Morgan fingerprint density at radius 2 is 2.10 bits per heavy atom. The van der Waals surface area contributed by atoms with Crippen molar-refractivity contribution < 1.29 is 19.8 Å². The Hall–Kier alpha value is -2.34. The Bertz CT molecular complexity index is 648. The molecule has 1 aromatic carbocycles. The first-order valence-corrected chi connectivity index (χ1v) is 6.72. The number of aliphatic hydroxyl groups is 1. The quantitative estimate of drug-likeness (QED) is 0.680. The molecule has 0 unspecified atom stereocenters. The number of carboxylic acids is 1. The van der Waals surface area contributed by atoms with E-state index < -0.39 is 24.0 Å². The van der Waals surface area contributed by atoms with Crippen LogP contribution in [0.4, 0.5) is 0 Å². The van der Waals surface area contributed by atoms with E-state index in [9.17, 15) is 19.8 Å². The Labute approximate surface area is 121 Å². The molecule has 2 aromatic rings. The minimum absolute atomic E-state index is 0.137. The number of amides is 1. The molecule has 1 heterocycles. The molecule has 0 aliphatic heterocycles. The molecule has 6 heteroatoms. The number of carboxylic acid groups (broad SMARTS) is 1. The monoisotopic (exact) mass is 289 g/mol. The van der Waals surface area contributed by atoms with Crippen LogP contribution in [0.25, 0.3) is 10.9 Å². The zero-order chi connectivity index (χ0) is 15.4. The van der Waals surface area contributed by atoms with Gasteiger partial charge in [-0.05, 0) is 25.0 Å². The standard InChI is InChI=1S/C15H18N2O4/c1-9(18)14(15(20)21)17-13(19)7-6-10-8-16-12-5-3-2-4-11(10)12/h2-5,8-9,14,16,18H,6-7H2,1H3,(H,17,19)(H,20,21)/p-1/t9-,14-/m0/s1. The summed E-state index contributed by atoms with van der Waals surface area (Å²) in [7, 11) is 0. The summed E-state index contributed by atoms with van der Waals surface area (Å²) in [5.41, 5.74) is 1.98. The summed E-state index contributed by atoms with van der Waals surface area (Å²) >= 11 is 0. The third-order valence-electron chi connectivity index (χ3n) is 3.35. The maximum absolute atomic E-state index is 11.8. The van der Waals surface area contributed by atoms with Gasteiger partial charge in [0.25, 0.3) is 0 Å². The molecule has 112 valence electrons. The summed E-state index contributed by atoms with van der Waals surface area (Å²) < 4.78 is 0. The number of carbonyl (C=O) groups is 2. The molecule has 0 saturated carbocycles. The first kappa shape index (κ1) is 15.1. The van der Waals surface area contributed by atoms with Gasteiger partial charge in [0.05, 0.1) is 18.1 Å². The minimum atomic E-state index is -1.49. The highest BCUT2D eigenvalue weighted by molar-refractivity contribution is 5.85. The van der Waals surface area contributed by atoms with Gasteiger partial charge in [-0.15, -0.1) is 0 Å². The second kappa shape index (κ2) is 6.41. The number of fused-ring (bicyclic) bond motifs is 1. The highest BCUT2D eigenvalue weighted by Gasteiger charge is 2.18. The third-order valence-corrected chi connectivity index (χ3v) is 3.35. The largest absolute Gasteiger partial charge is 0.548 e. The van der Waals surface area contributed by atoms with Crippen molar-refractivity contribution in [3.63, 3.8) is 0 Å². The number of para-hydroxylation sites is 1. The summed E-state index contributed by atoms with van der Waals surface area (Å²) in [5.74, 6) is -1.93. The highest BCUT2D eigenvalue weighted by atomic mass is 16.4. The van der Waals surface area contributed by atoms with E-state index in [1.165, 1.54) is 6.92 Å². The second-order valence-corrected chi connectivity index (χ2v) is 4.96. The molecule has 0 aliphatic rings. The van der Waals surface area contributed by atoms with Crippen molar-refractivity contribution in [3.05, 3.63) is 36.0 Å². The van der Waals surface area contributed by atoms with Gasteiger partial charge < -0.3 is 25.3 Å². The van der Waals surface area contributed by atoms with Crippen LogP contribution in [-0.2, 0) is 16.0 Å². The fourth-order valence-corrected chi connectivity index (χ4v) is 2.21. The molecule has 2 rings (SSSR count). The Kier molecular flexibility index (Phi) is 4.59. The molecule has 2 atom stereocenters. The topological polar surface area (TPSA) is 105 Å². The number of hydrogen-bond donors (Lipinski definition) is 3. The minimum Gasteiger partial charge on any atom is -0.548 e. The molecule has 1 amide bonds. The van der Waals surface area contributed by atoms with Crippen LogP contribution in [0.5, 0.6) is 0 Å². The molecular weight excluding hydrogens is 272 g/mol. The summed E-state index contributed by atoms with van der Waals surface area (Å²) in [6.07, 6.45) is 1.25.